The van der Waals surface area contributed by atoms with Gasteiger partial charge in [-0.3, -0.25) is 9.97 Å². The Morgan fingerprint density at radius 3 is 2.65 bits per heavy atom. The molecule has 0 aromatic carbocycles. The van der Waals surface area contributed by atoms with Gasteiger partial charge in [0.25, 0.3) is 0 Å². The Bertz CT molecular complexity index is 586. The summed E-state index contributed by atoms with van der Waals surface area (Å²) in [6, 6.07) is 5.58. The van der Waals surface area contributed by atoms with Crippen LogP contribution in [0.4, 0.5) is 5.82 Å². The zero-order valence-electron chi connectivity index (χ0n) is 9.60. The van der Waals surface area contributed by atoms with Crippen molar-refractivity contribution < 1.29 is 0 Å². The Balaban J connectivity index is 2.55. The molecule has 5 nitrogen and oxygen atoms in total. The van der Waals surface area contributed by atoms with E-state index in [1.54, 1.807) is 31.6 Å². The van der Waals surface area contributed by atoms with Crippen molar-refractivity contribution >= 4 is 5.82 Å². The average molecular weight is 225 g/mol. The molecule has 0 amide bonds. The van der Waals surface area contributed by atoms with Crippen LogP contribution < -0.4 is 5.32 Å². The van der Waals surface area contributed by atoms with E-state index >= 15 is 0 Å². The SMILES string of the molecule is CNc1nc(-c2nccnc2C)ccc1C#N. The summed E-state index contributed by atoms with van der Waals surface area (Å²) in [7, 11) is 1.73. The summed E-state index contributed by atoms with van der Waals surface area (Å²) in [5.74, 6) is 0.551. The normalized spacial score (nSPS) is 9.71. The van der Waals surface area contributed by atoms with Crippen LogP contribution in [0.3, 0.4) is 0 Å². The van der Waals surface area contributed by atoms with Crippen molar-refractivity contribution in [3.05, 3.63) is 35.8 Å². The van der Waals surface area contributed by atoms with Gasteiger partial charge in [0, 0.05) is 19.4 Å². The molecule has 84 valence electrons. The lowest BCUT2D eigenvalue weighted by Crippen LogP contribution is -1.99. The highest BCUT2D eigenvalue weighted by Crippen LogP contribution is 2.20. The van der Waals surface area contributed by atoms with E-state index in [9.17, 15) is 0 Å². The Labute approximate surface area is 99.2 Å². The number of pyridine rings is 1. The molecule has 1 N–H and O–H groups in total. The van der Waals surface area contributed by atoms with Crippen molar-refractivity contribution in [3.8, 4) is 17.5 Å². The number of hydrogen-bond donors (Lipinski definition) is 1. The van der Waals surface area contributed by atoms with Gasteiger partial charge in [0.1, 0.15) is 17.6 Å². The molecule has 0 atom stereocenters. The van der Waals surface area contributed by atoms with Gasteiger partial charge >= 0.3 is 0 Å². The molecule has 0 spiro atoms. The summed E-state index contributed by atoms with van der Waals surface area (Å²) in [5, 5.41) is 11.8. The fourth-order valence-electron chi connectivity index (χ4n) is 1.53. The molecular formula is C12H11N5. The van der Waals surface area contributed by atoms with Gasteiger partial charge in [-0.2, -0.15) is 5.26 Å². The van der Waals surface area contributed by atoms with Gasteiger partial charge in [0.05, 0.1) is 17.0 Å². The number of nitriles is 1. The molecule has 0 aliphatic rings. The van der Waals surface area contributed by atoms with Crippen LogP contribution in [0.5, 0.6) is 0 Å². The fourth-order valence-corrected chi connectivity index (χ4v) is 1.53. The second kappa shape index (κ2) is 4.58. The van der Waals surface area contributed by atoms with E-state index < -0.39 is 0 Å². The highest BCUT2D eigenvalue weighted by molar-refractivity contribution is 5.63. The van der Waals surface area contributed by atoms with Crippen molar-refractivity contribution in [3.63, 3.8) is 0 Å². The maximum atomic E-state index is 8.91. The molecule has 0 aliphatic carbocycles. The minimum Gasteiger partial charge on any atom is -0.372 e. The van der Waals surface area contributed by atoms with E-state index in [0.29, 0.717) is 17.1 Å². The van der Waals surface area contributed by atoms with E-state index in [-0.39, 0.29) is 0 Å². The van der Waals surface area contributed by atoms with E-state index in [4.69, 9.17) is 5.26 Å². The highest BCUT2D eigenvalue weighted by atomic mass is 15.0. The number of anilines is 1. The zero-order valence-corrected chi connectivity index (χ0v) is 9.60. The van der Waals surface area contributed by atoms with Crippen LogP contribution in [0, 0.1) is 18.3 Å². The number of aryl methyl sites for hydroxylation is 1. The minimum atomic E-state index is 0.512. The maximum absolute atomic E-state index is 8.91. The summed E-state index contributed by atoms with van der Waals surface area (Å²) in [5.41, 5.74) is 2.76. The van der Waals surface area contributed by atoms with E-state index in [2.05, 4.69) is 26.3 Å². The smallest absolute Gasteiger partial charge is 0.144 e. The number of hydrogen-bond acceptors (Lipinski definition) is 5. The van der Waals surface area contributed by atoms with Crippen LogP contribution in [0.1, 0.15) is 11.3 Å². The van der Waals surface area contributed by atoms with E-state index in [1.807, 2.05) is 6.92 Å². The van der Waals surface area contributed by atoms with Crippen LogP contribution in [0.25, 0.3) is 11.4 Å². The first-order chi connectivity index (χ1) is 8.26. The van der Waals surface area contributed by atoms with E-state index in [0.717, 1.165) is 11.4 Å². The average Bonchev–Trinajstić information content (AvgIpc) is 2.38. The third-order valence-corrected chi connectivity index (χ3v) is 2.38. The first kappa shape index (κ1) is 11.0. The van der Waals surface area contributed by atoms with Crippen LogP contribution in [0.2, 0.25) is 0 Å². The van der Waals surface area contributed by atoms with Gasteiger partial charge in [-0.25, -0.2) is 4.98 Å². The van der Waals surface area contributed by atoms with Crippen molar-refractivity contribution in [1.82, 2.24) is 15.0 Å². The molecule has 5 heteroatoms. The zero-order chi connectivity index (χ0) is 12.3. The van der Waals surface area contributed by atoms with Crippen molar-refractivity contribution in [1.29, 1.82) is 5.26 Å². The molecule has 0 aliphatic heterocycles. The van der Waals surface area contributed by atoms with Crippen LogP contribution in [-0.2, 0) is 0 Å². The molecule has 0 unspecified atom stereocenters. The van der Waals surface area contributed by atoms with Gasteiger partial charge in [-0.1, -0.05) is 0 Å². The molecular weight excluding hydrogens is 214 g/mol. The molecule has 0 bridgehead atoms. The van der Waals surface area contributed by atoms with Crippen molar-refractivity contribution in [2.24, 2.45) is 0 Å². The summed E-state index contributed by atoms with van der Waals surface area (Å²) in [4.78, 5) is 12.8. The fraction of sp³-hybridized carbons (Fsp3) is 0.167. The van der Waals surface area contributed by atoms with Gasteiger partial charge in [-0.05, 0) is 19.1 Å². The maximum Gasteiger partial charge on any atom is 0.144 e. The molecule has 0 radical (unpaired) electrons. The van der Waals surface area contributed by atoms with Gasteiger partial charge in [-0.15, -0.1) is 0 Å². The van der Waals surface area contributed by atoms with Gasteiger partial charge in [0.15, 0.2) is 0 Å². The first-order valence-electron chi connectivity index (χ1n) is 5.13. The third-order valence-electron chi connectivity index (χ3n) is 2.38. The Kier molecular flexibility index (Phi) is 2.97. The Morgan fingerprint density at radius 1 is 1.24 bits per heavy atom. The monoisotopic (exact) mass is 225 g/mol. The quantitative estimate of drug-likeness (QED) is 0.842. The molecule has 17 heavy (non-hydrogen) atoms. The van der Waals surface area contributed by atoms with Crippen LogP contribution >= 0.6 is 0 Å². The van der Waals surface area contributed by atoms with Crippen LogP contribution in [0.15, 0.2) is 24.5 Å². The molecule has 0 saturated heterocycles. The predicted molar refractivity (Wildman–Crippen MR) is 64.3 cm³/mol. The van der Waals surface area contributed by atoms with Gasteiger partial charge < -0.3 is 5.32 Å². The summed E-state index contributed by atoms with van der Waals surface area (Å²) in [6.07, 6.45) is 3.27. The van der Waals surface area contributed by atoms with E-state index in [1.165, 1.54) is 0 Å². The number of aromatic nitrogens is 3. The number of nitrogens with zero attached hydrogens (tertiary/aromatic N) is 4. The molecule has 2 aromatic heterocycles. The molecule has 2 aromatic rings. The summed E-state index contributed by atoms with van der Waals surface area (Å²) < 4.78 is 0. The second-order valence-corrected chi connectivity index (χ2v) is 3.44. The van der Waals surface area contributed by atoms with Crippen molar-refractivity contribution in [2.45, 2.75) is 6.92 Å². The molecule has 0 fully saturated rings. The van der Waals surface area contributed by atoms with Gasteiger partial charge in [0.2, 0.25) is 0 Å². The molecule has 2 rings (SSSR count). The number of nitrogens with one attached hydrogen (secondary N) is 1. The Morgan fingerprint density at radius 2 is 2.00 bits per heavy atom. The minimum absolute atomic E-state index is 0.512. The Hall–Kier alpha value is -2.48. The second-order valence-electron chi connectivity index (χ2n) is 3.44. The lowest BCUT2D eigenvalue weighted by molar-refractivity contribution is 1.10. The largest absolute Gasteiger partial charge is 0.372 e. The lowest BCUT2D eigenvalue weighted by Gasteiger charge is -2.06. The first-order valence-corrected chi connectivity index (χ1v) is 5.13. The summed E-state index contributed by atoms with van der Waals surface area (Å²) in [6.45, 7) is 1.88. The predicted octanol–water partition coefficient (Wildman–Crippen LogP) is 1.76. The van der Waals surface area contributed by atoms with Crippen LogP contribution in [-0.4, -0.2) is 22.0 Å². The topological polar surface area (TPSA) is 74.5 Å². The third kappa shape index (κ3) is 2.06. The lowest BCUT2D eigenvalue weighted by atomic mass is 10.2. The highest BCUT2D eigenvalue weighted by Gasteiger charge is 2.09. The van der Waals surface area contributed by atoms with Crippen molar-refractivity contribution in [2.75, 3.05) is 12.4 Å². The number of rotatable bonds is 2. The standard InChI is InChI=1S/C12H11N5/c1-8-11(16-6-5-15-8)10-4-3-9(7-13)12(14-2)17-10/h3-6H,1-2H3,(H,14,17). The molecule has 2 heterocycles. The summed E-state index contributed by atoms with van der Waals surface area (Å²) >= 11 is 0. The molecule has 0 saturated carbocycles.